The van der Waals surface area contributed by atoms with Crippen molar-refractivity contribution in [2.24, 2.45) is 0 Å². The van der Waals surface area contributed by atoms with E-state index in [1.807, 2.05) is 12.1 Å². The Kier molecular flexibility index (Phi) is 6.46. The van der Waals surface area contributed by atoms with Crippen LogP contribution in [0.4, 0.5) is 0 Å². The van der Waals surface area contributed by atoms with Crippen LogP contribution in [0.1, 0.15) is 0 Å². The number of fused-ring (bicyclic) bond motifs is 6. The summed E-state index contributed by atoms with van der Waals surface area (Å²) in [5.41, 5.74) is 11.7. The zero-order valence-electron chi connectivity index (χ0n) is 27.1. The summed E-state index contributed by atoms with van der Waals surface area (Å²) in [6.45, 7) is 0. The second-order valence-electron chi connectivity index (χ2n) is 12.7. The smallest absolute Gasteiger partial charge is 0.138 e. The fraction of sp³-hybridized carbons (Fsp3) is 0. The van der Waals surface area contributed by atoms with Crippen molar-refractivity contribution in [2.45, 2.75) is 0 Å². The molecule has 50 heavy (non-hydrogen) atoms. The quantitative estimate of drug-likeness (QED) is 0.188. The number of rotatable bonds is 5. The molecule has 4 aromatic heterocycles. The monoisotopic (exact) mass is 638 g/mol. The fourth-order valence-corrected chi connectivity index (χ4v) is 7.44. The highest BCUT2D eigenvalue weighted by atomic mass is 15.1. The van der Waals surface area contributed by atoms with Gasteiger partial charge in [-0.25, -0.2) is 9.97 Å². The van der Waals surface area contributed by atoms with Gasteiger partial charge in [0.2, 0.25) is 0 Å². The van der Waals surface area contributed by atoms with E-state index in [0.29, 0.717) is 0 Å². The average molecular weight is 639 g/mol. The van der Waals surface area contributed by atoms with Crippen molar-refractivity contribution in [1.29, 1.82) is 0 Å². The molecule has 0 aliphatic rings. The van der Waals surface area contributed by atoms with Crippen LogP contribution in [-0.4, -0.2) is 19.1 Å². The Labute approximate surface area is 289 Å². The van der Waals surface area contributed by atoms with Gasteiger partial charge in [-0.15, -0.1) is 0 Å². The number of aromatic nitrogens is 4. The number of para-hydroxylation sites is 3. The summed E-state index contributed by atoms with van der Waals surface area (Å²) in [6.07, 6.45) is 0. The number of nitrogens with zero attached hydrogens (tertiary/aromatic N) is 4. The van der Waals surface area contributed by atoms with Crippen molar-refractivity contribution in [3.63, 3.8) is 0 Å². The molecular weight excluding hydrogens is 609 g/mol. The van der Waals surface area contributed by atoms with Gasteiger partial charge >= 0.3 is 0 Å². The van der Waals surface area contributed by atoms with Gasteiger partial charge in [-0.1, -0.05) is 121 Å². The summed E-state index contributed by atoms with van der Waals surface area (Å²) in [7, 11) is 0. The molecule has 0 aliphatic carbocycles. The van der Waals surface area contributed by atoms with E-state index < -0.39 is 0 Å². The van der Waals surface area contributed by atoms with Gasteiger partial charge in [0.1, 0.15) is 5.82 Å². The Morgan fingerprint density at radius 1 is 0.300 bits per heavy atom. The lowest BCUT2D eigenvalue weighted by Gasteiger charge is -2.12. The van der Waals surface area contributed by atoms with E-state index in [2.05, 4.69) is 179 Å². The summed E-state index contributed by atoms with van der Waals surface area (Å²) in [5, 5.41) is 4.82. The second kappa shape index (κ2) is 11.4. The van der Waals surface area contributed by atoms with Crippen LogP contribution in [-0.2, 0) is 0 Å². The van der Waals surface area contributed by atoms with Gasteiger partial charge in [-0.05, 0) is 71.8 Å². The lowest BCUT2D eigenvalue weighted by atomic mass is 10.0. The molecule has 0 N–H and O–H groups in total. The van der Waals surface area contributed by atoms with Gasteiger partial charge in [-0.2, -0.15) is 0 Å². The van der Waals surface area contributed by atoms with Crippen LogP contribution in [0.3, 0.4) is 0 Å². The van der Waals surface area contributed by atoms with E-state index in [9.17, 15) is 0 Å². The summed E-state index contributed by atoms with van der Waals surface area (Å²) in [5.74, 6) is 0.855. The Morgan fingerprint density at radius 2 is 0.840 bits per heavy atom. The molecule has 234 valence electrons. The van der Waals surface area contributed by atoms with Crippen LogP contribution in [0, 0.1) is 0 Å². The maximum atomic E-state index is 5.35. The molecule has 0 aliphatic heterocycles. The maximum Gasteiger partial charge on any atom is 0.138 e. The van der Waals surface area contributed by atoms with E-state index in [1.165, 1.54) is 32.6 Å². The van der Waals surface area contributed by atoms with Gasteiger partial charge in [0.25, 0.3) is 0 Å². The molecule has 0 radical (unpaired) electrons. The van der Waals surface area contributed by atoms with Gasteiger partial charge in [0.05, 0.1) is 39.1 Å². The SMILES string of the molecule is c1ccc(-c2cc(-c3ccccc3)nc(-c3cccc(-n4c5ccccc5c5cc6c(cc54)c4ccccc4n6-c4ccccc4)n3)c2)cc1. The molecule has 4 nitrogen and oxygen atoms in total. The Bertz CT molecular complexity index is 2790. The van der Waals surface area contributed by atoms with E-state index in [0.717, 1.165) is 56.3 Å². The summed E-state index contributed by atoms with van der Waals surface area (Å²) in [6, 6.07) is 64.1. The van der Waals surface area contributed by atoms with Crippen molar-refractivity contribution in [1.82, 2.24) is 19.1 Å². The molecule has 6 aromatic carbocycles. The van der Waals surface area contributed by atoms with Crippen LogP contribution >= 0.6 is 0 Å². The molecule has 0 fully saturated rings. The summed E-state index contributed by atoms with van der Waals surface area (Å²) in [4.78, 5) is 10.5. The third-order valence-electron chi connectivity index (χ3n) is 9.71. The first-order valence-corrected chi connectivity index (χ1v) is 16.9. The first-order valence-electron chi connectivity index (χ1n) is 16.9. The highest BCUT2D eigenvalue weighted by Crippen LogP contribution is 2.39. The minimum absolute atomic E-state index is 0.824. The molecule has 0 atom stereocenters. The van der Waals surface area contributed by atoms with Crippen LogP contribution in [0.25, 0.3) is 88.9 Å². The van der Waals surface area contributed by atoms with Crippen LogP contribution in [0.2, 0.25) is 0 Å². The zero-order chi connectivity index (χ0) is 33.0. The lowest BCUT2D eigenvalue weighted by Crippen LogP contribution is -2.00. The Morgan fingerprint density at radius 3 is 1.52 bits per heavy atom. The third-order valence-corrected chi connectivity index (χ3v) is 9.71. The molecule has 4 heteroatoms. The van der Waals surface area contributed by atoms with Gasteiger partial charge in [-0.3, -0.25) is 4.57 Å². The molecule has 10 rings (SSSR count). The predicted octanol–water partition coefficient (Wildman–Crippen LogP) is 11.7. The van der Waals surface area contributed by atoms with E-state index in [-0.39, 0.29) is 0 Å². The van der Waals surface area contributed by atoms with Crippen LogP contribution < -0.4 is 0 Å². The zero-order valence-corrected chi connectivity index (χ0v) is 27.1. The molecule has 0 unspecified atom stereocenters. The summed E-state index contributed by atoms with van der Waals surface area (Å²) >= 11 is 0. The van der Waals surface area contributed by atoms with Crippen molar-refractivity contribution in [2.75, 3.05) is 0 Å². The molecule has 0 bridgehead atoms. The topological polar surface area (TPSA) is 35.6 Å². The largest absolute Gasteiger partial charge is 0.309 e. The van der Waals surface area contributed by atoms with Gasteiger partial charge in [0, 0.05) is 32.8 Å². The van der Waals surface area contributed by atoms with Gasteiger partial charge < -0.3 is 4.57 Å². The Balaban J connectivity index is 1.21. The Hall–Kier alpha value is -6.78. The molecule has 10 aromatic rings. The van der Waals surface area contributed by atoms with Gasteiger partial charge in [0.15, 0.2) is 0 Å². The predicted molar refractivity (Wildman–Crippen MR) is 207 cm³/mol. The molecule has 0 saturated heterocycles. The molecule has 0 saturated carbocycles. The first-order chi connectivity index (χ1) is 24.8. The molecule has 4 heterocycles. The molecule has 0 spiro atoms. The number of pyridine rings is 2. The maximum absolute atomic E-state index is 5.35. The normalized spacial score (nSPS) is 11.6. The first kappa shape index (κ1) is 28.3. The van der Waals surface area contributed by atoms with Crippen LogP contribution in [0.5, 0.6) is 0 Å². The van der Waals surface area contributed by atoms with Crippen molar-refractivity contribution in [3.05, 3.63) is 182 Å². The van der Waals surface area contributed by atoms with Crippen molar-refractivity contribution < 1.29 is 0 Å². The summed E-state index contributed by atoms with van der Waals surface area (Å²) < 4.78 is 4.69. The van der Waals surface area contributed by atoms with E-state index >= 15 is 0 Å². The highest BCUT2D eigenvalue weighted by molar-refractivity contribution is 6.19. The fourth-order valence-electron chi connectivity index (χ4n) is 7.44. The molecular formula is C46H30N4. The van der Waals surface area contributed by atoms with E-state index in [1.54, 1.807) is 0 Å². The standard InChI is InChI=1S/C46H30N4/c1-4-15-31(16-5-1)33-27-40(32-17-6-2-7-18-32)47-41(28-33)39-23-14-26-46(48-39)50-43-25-13-11-22-36(43)38-29-44-37(30-45(38)50)35-21-10-12-24-42(35)49(44)34-19-8-3-9-20-34/h1-30H. The third kappa shape index (κ3) is 4.54. The number of hydrogen-bond donors (Lipinski definition) is 0. The lowest BCUT2D eigenvalue weighted by molar-refractivity contribution is 1.08. The second-order valence-corrected chi connectivity index (χ2v) is 12.7. The van der Waals surface area contributed by atoms with E-state index in [4.69, 9.17) is 9.97 Å². The minimum Gasteiger partial charge on any atom is -0.309 e. The average Bonchev–Trinajstić information content (AvgIpc) is 3.70. The van der Waals surface area contributed by atoms with Crippen LogP contribution in [0.15, 0.2) is 182 Å². The molecule has 0 amide bonds. The minimum atomic E-state index is 0.824. The van der Waals surface area contributed by atoms with Crippen molar-refractivity contribution >= 4 is 43.6 Å². The highest BCUT2D eigenvalue weighted by Gasteiger charge is 2.19. The van der Waals surface area contributed by atoms with Crippen molar-refractivity contribution in [3.8, 4) is 45.3 Å². The number of benzene rings is 6. The number of hydrogen-bond acceptors (Lipinski definition) is 2.